The van der Waals surface area contributed by atoms with Crippen LogP contribution in [0.15, 0.2) is 24.7 Å². The average molecular weight is 188 g/mol. The Labute approximate surface area is 82.4 Å². The second-order valence-electron chi connectivity index (χ2n) is 3.34. The Hall–Kier alpha value is -1.84. The standard InChI is InChI=1S/C10H12N4/c1-14(2)9-6-13-8-5-12-4-3-7(8)10(9)11/h3-6H,1-2H3,(H2,11,13). The van der Waals surface area contributed by atoms with Gasteiger partial charge in [0.2, 0.25) is 0 Å². The Morgan fingerprint density at radius 2 is 2.07 bits per heavy atom. The summed E-state index contributed by atoms with van der Waals surface area (Å²) in [6, 6.07) is 1.88. The third kappa shape index (κ3) is 1.25. The van der Waals surface area contributed by atoms with Gasteiger partial charge in [0.25, 0.3) is 0 Å². The molecule has 0 aliphatic rings. The molecule has 2 aromatic rings. The number of rotatable bonds is 1. The van der Waals surface area contributed by atoms with Crippen molar-refractivity contribution in [2.45, 2.75) is 0 Å². The van der Waals surface area contributed by atoms with Crippen LogP contribution in [-0.4, -0.2) is 24.1 Å². The van der Waals surface area contributed by atoms with E-state index >= 15 is 0 Å². The number of fused-ring (bicyclic) bond motifs is 1. The zero-order valence-corrected chi connectivity index (χ0v) is 8.23. The molecule has 0 saturated carbocycles. The zero-order valence-electron chi connectivity index (χ0n) is 8.23. The van der Waals surface area contributed by atoms with Crippen molar-refractivity contribution in [2.75, 3.05) is 24.7 Å². The molecule has 0 amide bonds. The Balaban J connectivity index is 2.75. The molecule has 0 fully saturated rings. The van der Waals surface area contributed by atoms with Crippen molar-refractivity contribution in [3.8, 4) is 0 Å². The van der Waals surface area contributed by atoms with Gasteiger partial charge in [0, 0.05) is 25.7 Å². The summed E-state index contributed by atoms with van der Waals surface area (Å²) in [5, 5.41) is 0.950. The first-order valence-corrected chi connectivity index (χ1v) is 4.35. The van der Waals surface area contributed by atoms with Crippen molar-refractivity contribution >= 4 is 22.3 Å². The van der Waals surface area contributed by atoms with E-state index in [-0.39, 0.29) is 0 Å². The Morgan fingerprint density at radius 3 is 2.79 bits per heavy atom. The average Bonchev–Trinajstić information content (AvgIpc) is 2.18. The number of nitrogens with two attached hydrogens (primary N) is 1. The van der Waals surface area contributed by atoms with Crippen LogP contribution in [0.25, 0.3) is 10.9 Å². The van der Waals surface area contributed by atoms with Crippen LogP contribution in [0, 0.1) is 0 Å². The summed E-state index contributed by atoms with van der Waals surface area (Å²) in [4.78, 5) is 10.2. The normalized spacial score (nSPS) is 10.4. The maximum atomic E-state index is 6.01. The molecule has 4 nitrogen and oxygen atoms in total. The monoisotopic (exact) mass is 188 g/mol. The molecule has 0 saturated heterocycles. The van der Waals surface area contributed by atoms with Crippen molar-refractivity contribution in [1.29, 1.82) is 0 Å². The predicted molar refractivity (Wildman–Crippen MR) is 58.3 cm³/mol. The van der Waals surface area contributed by atoms with Crippen LogP contribution in [0.5, 0.6) is 0 Å². The summed E-state index contributed by atoms with van der Waals surface area (Å²) in [5.41, 5.74) is 8.53. The molecule has 0 spiro atoms. The summed E-state index contributed by atoms with van der Waals surface area (Å²) in [6.45, 7) is 0. The minimum absolute atomic E-state index is 0.752. The molecule has 0 aliphatic heterocycles. The van der Waals surface area contributed by atoms with Gasteiger partial charge in [-0.15, -0.1) is 0 Å². The minimum atomic E-state index is 0.752. The third-order valence-electron chi connectivity index (χ3n) is 2.17. The first kappa shape index (κ1) is 8.74. The maximum Gasteiger partial charge on any atom is 0.0907 e. The quantitative estimate of drug-likeness (QED) is 0.732. The molecule has 0 radical (unpaired) electrons. The second-order valence-corrected chi connectivity index (χ2v) is 3.34. The lowest BCUT2D eigenvalue weighted by atomic mass is 10.2. The molecule has 0 atom stereocenters. The van der Waals surface area contributed by atoms with Gasteiger partial charge in [-0.05, 0) is 6.07 Å². The van der Waals surface area contributed by atoms with E-state index in [1.807, 2.05) is 25.1 Å². The van der Waals surface area contributed by atoms with Crippen LogP contribution in [0.3, 0.4) is 0 Å². The molecule has 2 rings (SSSR count). The van der Waals surface area contributed by atoms with Gasteiger partial charge in [-0.25, -0.2) is 0 Å². The van der Waals surface area contributed by atoms with Crippen molar-refractivity contribution in [3.05, 3.63) is 24.7 Å². The van der Waals surface area contributed by atoms with Gasteiger partial charge >= 0.3 is 0 Å². The fourth-order valence-electron chi connectivity index (χ4n) is 1.41. The van der Waals surface area contributed by atoms with Gasteiger partial charge < -0.3 is 10.6 Å². The lowest BCUT2D eigenvalue weighted by Crippen LogP contribution is -2.11. The van der Waals surface area contributed by atoms with Crippen LogP contribution in [0.4, 0.5) is 11.4 Å². The molecule has 0 unspecified atom stereocenters. The van der Waals surface area contributed by atoms with Crippen molar-refractivity contribution in [2.24, 2.45) is 0 Å². The highest BCUT2D eigenvalue weighted by molar-refractivity contribution is 5.95. The second kappa shape index (κ2) is 3.14. The van der Waals surface area contributed by atoms with Gasteiger partial charge in [0.1, 0.15) is 0 Å². The van der Waals surface area contributed by atoms with Crippen LogP contribution in [0.2, 0.25) is 0 Å². The summed E-state index contributed by atoms with van der Waals surface area (Å²) >= 11 is 0. The van der Waals surface area contributed by atoms with E-state index in [1.54, 1.807) is 18.6 Å². The number of anilines is 2. The molecule has 4 heteroatoms. The number of nitrogens with zero attached hydrogens (tertiary/aromatic N) is 3. The Bertz CT molecular complexity index is 465. The smallest absolute Gasteiger partial charge is 0.0907 e. The molecule has 0 bridgehead atoms. The fourth-order valence-corrected chi connectivity index (χ4v) is 1.41. The van der Waals surface area contributed by atoms with Gasteiger partial charge in [-0.3, -0.25) is 9.97 Å². The molecule has 2 N–H and O–H groups in total. The lowest BCUT2D eigenvalue weighted by molar-refractivity contribution is 1.12. The van der Waals surface area contributed by atoms with E-state index < -0.39 is 0 Å². The molecule has 0 aromatic carbocycles. The Kier molecular flexibility index (Phi) is 1.96. The van der Waals surface area contributed by atoms with Gasteiger partial charge in [-0.2, -0.15) is 0 Å². The topological polar surface area (TPSA) is 55.0 Å². The summed E-state index contributed by atoms with van der Waals surface area (Å²) in [7, 11) is 3.89. The van der Waals surface area contributed by atoms with Gasteiger partial charge in [0.15, 0.2) is 0 Å². The molecule has 72 valence electrons. The maximum absolute atomic E-state index is 6.01. The number of hydrogen-bond acceptors (Lipinski definition) is 4. The molecule has 2 aromatic heterocycles. The van der Waals surface area contributed by atoms with Crippen LogP contribution >= 0.6 is 0 Å². The highest BCUT2D eigenvalue weighted by Crippen LogP contribution is 2.27. The summed E-state index contributed by atoms with van der Waals surface area (Å²) in [6.07, 6.45) is 5.20. The van der Waals surface area contributed by atoms with Crippen molar-refractivity contribution in [1.82, 2.24) is 9.97 Å². The molecule has 0 aliphatic carbocycles. The minimum Gasteiger partial charge on any atom is -0.396 e. The van der Waals surface area contributed by atoms with Crippen molar-refractivity contribution < 1.29 is 0 Å². The number of aromatic nitrogens is 2. The molecule has 14 heavy (non-hydrogen) atoms. The van der Waals surface area contributed by atoms with Crippen molar-refractivity contribution in [3.63, 3.8) is 0 Å². The number of pyridine rings is 2. The SMILES string of the molecule is CN(C)c1cnc2cnccc2c1N. The molecular weight excluding hydrogens is 176 g/mol. The van der Waals surface area contributed by atoms with E-state index in [4.69, 9.17) is 5.73 Å². The van der Waals surface area contributed by atoms with E-state index in [1.165, 1.54) is 0 Å². The number of hydrogen-bond donors (Lipinski definition) is 1. The summed E-state index contributed by atoms with van der Waals surface area (Å²) < 4.78 is 0. The van der Waals surface area contributed by atoms with E-state index in [0.29, 0.717) is 0 Å². The molecule has 2 heterocycles. The van der Waals surface area contributed by atoms with Crippen LogP contribution in [-0.2, 0) is 0 Å². The van der Waals surface area contributed by atoms with Gasteiger partial charge in [0.05, 0.1) is 29.3 Å². The zero-order chi connectivity index (χ0) is 10.1. The van der Waals surface area contributed by atoms with Crippen LogP contribution in [0.1, 0.15) is 0 Å². The summed E-state index contributed by atoms with van der Waals surface area (Å²) in [5.74, 6) is 0. The number of nitrogen functional groups attached to an aromatic ring is 1. The molecular formula is C10H12N4. The lowest BCUT2D eigenvalue weighted by Gasteiger charge is -2.15. The highest BCUT2D eigenvalue weighted by atomic mass is 15.1. The van der Waals surface area contributed by atoms with Gasteiger partial charge in [-0.1, -0.05) is 0 Å². The van der Waals surface area contributed by atoms with E-state index in [2.05, 4.69) is 9.97 Å². The third-order valence-corrected chi connectivity index (χ3v) is 2.17. The first-order valence-electron chi connectivity index (χ1n) is 4.35. The largest absolute Gasteiger partial charge is 0.396 e. The van der Waals surface area contributed by atoms with E-state index in [0.717, 1.165) is 22.3 Å². The predicted octanol–water partition coefficient (Wildman–Crippen LogP) is 1.28. The van der Waals surface area contributed by atoms with Crippen LogP contribution < -0.4 is 10.6 Å². The Morgan fingerprint density at radius 1 is 1.29 bits per heavy atom. The fraction of sp³-hybridized carbons (Fsp3) is 0.200. The van der Waals surface area contributed by atoms with E-state index in [9.17, 15) is 0 Å². The first-order chi connectivity index (χ1) is 6.70. The highest BCUT2D eigenvalue weighted by Gasteiger charge is 2.06.